The zero-order valence-corrected chi connectivity index (χ0v) is 19.9. The molecular formula is C25H25FN4O4S. The van der Waals surface area contributed by atoms with E-state index in [1.165, 1.54) is 46.9 Å². The summed E-state index contributed by atoms with van der Waals surface area (Å²) in [5.41, 5.74) is 0.587. The van der Waals surface area contributed by atoms with Gasteiger partial charge in [-0.25, -0.2) is 12.8 Å². The third-order valence-electron chi connectivity index (χ3n) is 5.87. The van der Waals surface area contributed by atoms with Crippen LogP contribution in [0.3, 0.4) is 0 Å². The molecule has 182 valence electrons. The van der Waals surface area contributed by atoms with Crippen LogP contribution in [0.15, 0.2) is 71.8 Å². The molecule has 1 fully saturated rings. The number of hydrogen-bond acceptors (Lipinski definition) is 5. The number of pyridine rings is 1. The maximum absolute atomic E-state index is 13.9. The fourth-order valence-electron chi connectivity index (χ4n) is 3.76. The first kappa shape index (κ1) is 24.5. The second-order valence-electron chi connectivity index (χ2n) is 8.42. The highest BCUT2D eigenvalue weighted by molar-refractivity contribution is 7.89. The third kappa shape index (κ3) is 5.72. The van der Waals surface area contributed by atoms with Crippen molar-refractivity contribution >= 4 is 33.2 Å². The van der Waals surface area contributed by atoms with Crippen molar-refractivity contribution in [1.29, 1.82) is 0 Å². The van der Waals surface area contributed by atoms with Crippen LogP contribution in [-0.4, -0.2) is 42.6 Å². The summed E-state index contributed by atoms with van der Waals surface area (Å²) < 4.78 is 41.2. The zero-order chi connectivity index (χ0) is 25.0. The third-order valence-corrected chi connectivity index (χ3v) is 7.79. The predicted octanol–water partition coefficient (Wildman–Crippen LogP) is 4.15. The number of hydrogen-bond donors (Lipinski definition) is 2. The minimum absolute atomic E-state index is 0.0541. The Hall–Kier alpha value is -3.63. The van der Waals surface area contributed by atoms with E-state index in [9.17, 15) is 22.4 Å². The highest BCUT2D eigenvalue weighted by Gasteiger charge is 2.28. The topological polar surface area (TPSA) is 108 Å². The van der Waals surface area contributed by atoms with Crippen LogP contribution < -0.4 is 10.6 Å². The van der Waals surface area contributed by atoms with Crippen molar-refractivity contribution in [1.82, 2.24) is 9.29 Å². The van der Waals surface area contributed by atoms with Crippen LogP contribution in [0.4, 0.5) is 15.8 Å². The van der Waals surface area contributed by atoms with Crippen LogP contribution in [0.2, 0.25) is 0 Å². The molecule has 0 saturated carbocycles. The number of aromatic nitrogens is 1. The molecule has 1 aromatic heterocycles. The van der Waals surface area contributed by atoms with Crippen LogP contribution in [-0.2, 0) is 10.0 Å². The molecule has 8 nitrogen and oxygen atoms in total. The Balaban J connectivity index is 1.49. The molecule has 2 N–H and O–H groups in total. The van der Waals surface area contributed by atoms with Crippen LogP contribution in [0.25, 0.3) is 0 Å². The number of benzene rings is 2. The van der Waals surface area contributed by atoms with Gasteiger partial charge in [-0.3, -0.25) is 14.6 Å². The molecule has 10 heteroatoms. The number of anilines is 2. The fraction of sp³-hybridized carbons (Fsp3) is 0.240. The van der Waals surface area contributed by atoms with E-state index in [0.29, 0.717) is 19.0 Å². The fourth-order valence-corrected chi connectivity index (χ4v) is 5.23. The maximum atomic E-state index is 13.9. The minimum Gasteiger partial charge on any atom is -0.320 e. The Morgan fingerprint density at radius 2 is 1.63 bits per heavy atom. The minimum atomic E-state index is -3.64. The predicted molar refractivity (Wildman–Crippen MR) is 130 cm³/mol. The van der Waals surface area contributed by atoms with Crippen molar-refractivity contribution in [3.8, 4) is 0 Å². The second-order valence-corrected chi connectivity index (χ2v) is 10.4. The van der Waals surface area contributed by atoms with Gasteiger partial charge < -0.3 is 10.6 Å². The number of nitrogens with one attached hydrogen (secondary N) is 2. The quantitative estimate of drug-likeness (QED) is 0.533. The van der Waals surface area contributed by atoms with Crippen LogP contribution in [0.5, 0.6) is 0 Å². The first-order valence-corrected chi connectivity index (χ1v) is 12.6. The molecule has 0 bridgehead atoms. The van der Waals surface area contributed by atoms with Gasteiger partial charge in [-0.15, -0.1) is 0 Å². The van der Waals surface area contributed by atoms with Gasteiger partial charge in [0.2, 0.25) is 10.0 Å². The molecule has 0 aliphatic carbocycles. The van der Waals surface area contributed by atoms with E-state index >= 15 is 0 Å². The summed E-state index contributed by atoms with van der Waals surface area (Å²) in [5, 5.41) is 5.19. The van der Waals surface area contributed by atoms with Crippen molar-refractivity contribution in [2.24, 2.45) is 5.92 Å². The van der Waals surface area contributed by atoms with E-state index in [2.05, 4.69) is 22.5 Å². The molecule has 4 rings (SSSR count). The smallest absolute Gasteiger partial charge is 0.274 e. The molecule has 1 saturated heterocycles. The van der Waals surface area contributed by atoms with Crippen LogP contribution in [0.1, 0.15) is 40.6 Å². The molecule has 1 aliphatic rings. The molecule has 3 aromatic rings. The molecule has 2 aromatic carbocycles. The van der Waals surface area contributed by atoms with Gasteiger partial charge in [0.05, 0.1) is 16.3 Å². The number of carbonyl (C=O) groups is 2. The molecule has 1 aliphatic heterocycles. The standard InChI is InChI=1S/C25H25FN4O4S/c1-17-11-14-30(15-12-17)35(33,34)20-8-5-18(6-9-20)24(31)29-23-16-19(26)7-10-21(23)28-25(32)22-4-2-3-13-27-22/h2-10,13,16-17H,11-12,14-15H2,1H3,(H,28,32)(H,29,31). The summed E-state index contributed by atoms with van der Waals surface area (Å²) in [4.78, 5) is 29.3. The van der Waals surface area contributed by atoms with Crippen LogP contribution >= 0.6 is 0 Å². The molecular weight excluding hydrogens is 471 g/mol. The first-order chi connectivity index (χ1) is 16.7. The molecule has 0 unspecified atom stereocenters. The lowest BCUT2D eigenvalue weighted by molar-refractivity contribution is 0.101. The number of rotatable bonds is 6. The molecule has 0 spiro atoms. The van der Waals surface area contributed by atoms with E-state index in [1.807, 2.05) is 0 Å². The number of piperidine rings is 1. The van der Waals surface area contributed by atoms with E-state index in [-0.39, 0.29) is 27.5 Å². The highest BCUT2D eigenvalue weighted by Crippen LogP contribution is 2.26. The number of sulfonamides is 1. The molecule has 35 heavy (non-hydrogen) atoms. The molecule has 2 amide bonds. The van der Waals surface area contributed by atoms with E-state index < -0.39 is 27.7 Å². The largest absolute Gasteiger partial charge is 0.320 e. The summed E-state index contributed by atoms with van der Waals surface area (Å²) in [6.45, 7) is 3.04. The van der Waals surface area contributed by atoms with Gasteiger partial charge in [-0.05, 0) is 73.4 Å². The monoisotopic (exact) mass is 496 g/mol. The van der Waals surface area contributed by atoms with Gasteiger partial charge in [0.25, 0.3) is 11.8 Å². The van der Waals surface area contributed by atoms with Crippen LogP contribution in [0, 0.1) is 11.7 Å². The summed E-state index contributed by atoms with van der Waals surface area (Å²) in [6, 6.07) is 14.0. The summed E-state index contributed by atoms with van der Waals surface area (Å²) in [6.07, 6.45) is 3.09. The summed E-state index contributed by atoms with van der Waals surface area (Å²) >= 11 is 0. The van der Waals surface area contributed by atoms with Gasteiger partial charge in [0.15, 0.2) is 0 Å². The summed E-state index contributed by atoms with van der Waals surface area (Å²) in [5.74, 6) is -1.21. The van der Waals surface area contributed by atoms with Crippen molar-refractivity contribution in [3.05, 3.63) is 83.9 Å². The van der Waals surface area contributed by atoms with Gasteiger partial charge in [0, 0.05) is 24.8 Å². The van der Waals surface area contributed by atoms with Crippen molar-refractivity contribution < 1.29 is 22.4 Å². The Bertz CT molecular complexity index is 1320. The normalized spacial score (nSPS) is 14.9. The lowest BCUT2D eigenvalue weighted by Crippen LogP contribution is -2.37. The van der Waals surface area contributed by atoms with E-state index in [0.717, 1.165) is 25.0 Å². The number of halogens is 1. The van der Waals surface area contributed by atoms with Crippen molar-refractivity contribution in [2.45, 2.75) is 24.7 Å². The number of nitrogens with zero attached hydrogens (tertiary/aromatic N) is 2. The lowest BCUT2D eigenvalue weighted by Gasteiger charge is -2.29. The number of carbonyl (C=O) groups excluding carboxylic acids is 2. The maximum Gasteiger partial charge on any atom is 0.274 e. The Kier molecular flexibility index (Phi) is 7.23. The van der Waals surface area contributed by atoms with E-state index in [4.69, 9.17) is 0 Å². The first-order valence-electron chi connectivity index (χ1n) is 11.2. The van der Waals surface area contributed by atoms with Gasteiger partial charge >= 0.3 is 0 Å². The van der Waals surface area contributed by atoms with Crippen molar-refractivity contribution in [3.63, 3.8) is 0 Å². The molecule has 2 heterocycles. The number of amides is 2. The van der Waals surface area contributed by atoms with Gasteiger partial charge in [-0.1, -0.05) is 13.0 Å². The second kappa shape index (κ2) is 10.3. The Morgan fingerprint density at radius 3 is 2.29 bits per heavy atom. The average molecular weight is 497 g/mol. The Labute approximate surface area is 203 Å². The highest BCUT2D eigenvalue weighted by atomic mass is 32.2. The van der Waals surface area contributed by atoms with E-state index in [1.54, 1.807) is 12.1 Å². The van der Waals surface area contributed by atoms with Crippen molar-refractivity contribution in [2.75, 3.05) is 23.7 Å². The zero-order valence-electron chi connectivity index (χ0n) is 19.1. The average Bonchev–Trinajstić information content (AvgIpc) is 2.86. The Morgan fingerprint density at radius 1 is 0.943 bits per heavy atom. The lowest BCUT2D eigenvalue weighted by atomic mass is 10.0. The SMILES string of the molecule is CC1CCN(S(=O)(=O)c2ccc(C(=O)Nc3cc(F)ccc3NC(=O)c3ccccn3)cc2)CC1. The summed E-state index contributed by atoms with van der Waals surface area (Å²) in [7, 11) is -3.64. The van der Waals surface area contributed by atoms with Gasteiger partial charge in [0.1, 0.15) is 11.5 Å². The molecule has 0 atom stereocenters. The molecule has 0 radical (unpaired) electrons. The van der Waals surface area contributed by atoms with Gasteiger partial charge in [-0.2, -0.15) is 4.31 Å².